The largest absolute Gasteiger partial charge is 0.311 e. The van der Waals surface area contributed by atoms with E-state index in [0.29, 0.717) is 0 Å². The average Bonchev–Trinajstić information content (AvgIpc) is 3.68. The molecule has 3 aliphatic carbocycles. The molecule has 0 N–H and O–H groups in total. The maximum atomic E-state index is 2.77. The molecule has 0 fully saturated rings. The summed E-state index contributed by atoms with van der Waals surface area (Å²) in [6.45, 7) is 39.4. The molecule has 13 rings (SSSR count). The van der Waals surface area contributed by atoms with Crippen molar-refractivity contribution in [2.24, 2.45) is 0 Å². The smallest absolute Gasteiger partial charge is 0.252 e. The number of hydrogen-bond donors (Lipinski definition) is 0. The first kappa shape index (κ1) is 52.6. The van der Waals surface area contributed by atoms with Crippen LogP contribution in [0.5, 0.6) is 0 Å². The SMILES string of the molecule is Cc1cc2c(cc1N1c3cc4c(cc3B3c5cc6c(cc5N(c5ccc(C(C)(C)C)cc5-c5ccccc5)c5cc(N(c7ccccc7)c7ccccc7)cc1c53)C(C)(C)CCC6(C)C)C(C)(C)CCC4(C)C)C(C)(C)CC2(C)C. The zero-order valence-electron chi connectivity index (χ0n) is 51.0. The minimum atomic E-state index is -0.0597. The van der Waals surface area contributed by atoms with E-state index in [4.69, 9.17) is 0 Å². The van der Waals surface area contributed by atoms with Crippen LogP contribution >= 0.6 is 0 Å². The molecule has 0 aromatic heterocycles. The van der Waals surface area contributed by atoms with Crippen molar-refractivity contribution in [3.8, 4) is 11.1 Å². The maximum absolute atomic E-state index is 2.77. The molecule has 0 amide bonds. The molecule has 0 saturated carbocycles. The minimum Gasteiger partial charge on any atom is -0.311 e. The molecule has 0 spiro atoms. The molecule has 0 atom stereocenters. The summed E-state index contributed by atoms with van der Waals surface area (Å²) in [5.74, 6) is 0. The second-order valence-electron chi connectivity index (χ2n) is 29.9. The fraction of sp³-hybridized carbons (Fsp3) is 0.368. The van der Waals surface area contributed by atoms with Gasteiger partial charge in [0.15, 0.2) is 0 Å². The third-order valence-corrected chi connectivity index (χ3v) is 20.4. The minimum absolute atomic E-state index is 0.000606. The Morgan fingerprint density at radius 3 is 1.25 bits per heavy atom. The van der Waals surface area contributed by atoms with Gasteiger partial charge in [0.1, 0.15) is 0 Å². The number of rotatable bonds is 6. The van der Waals surface area contributed by atoms with Crippen molar-refractivity contribution in [1.82, 2.24) is 0 Å². The molecular formula is C76H84BN3. The lowest BCUT2D eigenvalue weighted by Gasteiger charge is -2.49. The molecule has 0 bridgehead atoms. The van der Waals surface area contributed by atoms with Gasteiger partial charge in [0.2, 0.25) is 0 Å². The van der Waals surface area contributed by atoms with E-state index < -0.39 is 0 Å². The topological polar surface area (TPSA) is 9.72 Å². The van der Waals surface area contributed by atoms with E-state index in [1.165, 1.54) is 106 Å². The summed E-state index contributed by atoms with van der Waals surface area (Å²) >= 11 is 0. The van der Waals surface area contributed by atoms with Gasteiger partial charge in [-0.3, -0.25) is 0 Å². The predicted octanol–water partition coefficient (Wildman–Crippen LogP) is 19.2. The normalized spacial score (nSPS) is 19.0. The zero-order valence-corrected chi connectivity index (χ0v) is 51.0. The van der Waals surface area contributed by atoms with E-state index in [9.17, 15) is 0 Å². The van der Waals surface area contributed by atoms with E-state index in [-0.39, 0.29) is 44.6 Å². The quantitative estimate of drug-likeness (QED) is 0.154. The predicted molar refractivity (Wildman–Crippen MR) is 345 cm³/mol. The molecule has 8 aromatic carbocycles. The van der Waals surface area contributed by atoms with Crippen molar-refractivity contribution in [3.05, 3.63) is 202 Å². The van der Waals surface area contributed by atoms with Crippen LogP contribution in [0.1, 0.15) is 180 Å². The highest BCUT2D eigenvalue weighted by molar-refractivity contribution is 7.00. The monoisotopic (exact) mass is 1050 g/mol. The van der Waals surface area contributed by atoms with Gasteiger partial charge in [-0.05, 0) is 210 Å². The van der Waals surface area contributed by atoms with E-state index in [1.807, 2.05) is 0 Å². The Morgan fingerprint density at radius 2 is 0.787 bits per heavy atom. The first-order valence-electron chi connectivity index (χ1n) is 30.1. The van der Waals surface area contributed by atoms with Gasteiger partial charge in [0.25, 0.3) is 6.71 Å². The summed E-state index contributed by atoms with van der Waals surface area (Å²) < 4.78 is 0. The highest BCUT2D eigenvalue weighted by Crippen LogP contribution is 2.57. The van der Waals surface area contributed by atoms with Gasteiger partial charge >= 0.3 is 0 Å². The molecule has 406 valence electrons. The van der Waals surface area contributed by atoms with Crippen molar-refractivity contribution >= 4 is 74.3 Å². The average molecular weight is 1050 g/mol. The molecular weight excluding hydrogens is 966 g/mol. The van der Waals surface area contributed by atoms with E-state index in [1.54, 1.807) is 0 Å². The molecule has 4 heteroatoms. The summed E-state index contributed by atoms with van der Waals surface area (Å²) in [5, 5.41) is 0. The van der Waals surface area contributed by atoms with Gasteiger partial charge in [-0.1, -0.05) is 195 Å². The standard InChI is InChI=1S/C76H84BN3/c1-48-38-55-60(76(15,16)47-75(55,13)14)44-64(48)80-66-46-59-57(72(7,8)35-37-74(59,11)12)43-62(66)77-61-42-56-58(73(9,10)36-34-71(56,5)6)45-65(61)79(63-33-32-50(70(2,3)4)39-54(63)49-26-20-17-21-27-49)67-40-53(41-68(80)69(67)77)78(51-28-22-18-23-29-51)52-30-24-19-25-31-52/h17-33,38-46H,34-37,47H2,1-16H3. The number of aryl methyl sites for hydroxylation is 1. The molecule has 0 unspecified atom stereocenters. The second kappa shape index (κ2) is 17.6. The van der Waals surface area contributed by atoms with Gasteiger partial charge in [-0.25, -0.2) is 0 Å². The highest BCUT2D eigenvalue weighted by atomic mass is 15.2. The molecule has 2 aliphatic heterocycles. The Bertz CT molecular complexity index is 3770. The highest BCUT2D eigenvalue weighted by Gasteiger charge is 2.50. The maximum Gasteiger partial charge on any atom is 0.252 e. The summed E-state index contributed by atoms with van der Waals surface area (Å²) in [7, 11) is 0. The van der Waals surface area contributed by atoms with Gasteiger partial charge < -0.3 is 14.7 Å². The van der Waals surface area contributed by atoms with Crippen LogP contribution in [0.2, 0.25) is 0 Å². The van der Waals surface area contributed by atoms with Crippen LogP contribution in [-0.2, 0) is 37.9 Å². The Labute approximate surface area is 480 Å². The van der Waals surface area contributed by atoms with Crippen LogP contribution < -0.4 is 31.1 Å². The van der Waals surface area contributed by atoms with Crippen molar-refractivity contribution in [3.63, 3.8) is 0 Å². The molecule has 3 nitrogen and oxygen atoms in total. The fourth-order valence-corrected chi connectivity index (χ4v) is 15.7. The van der Waals surface area contributed by atoms with Crippen molar-refractivity contribution < 1.29 is 0 Å². The number of fused-ring (bicyclic) bond motifs is 7. The summed E-state index contributed by atoms with van der Waals surface area (Å²) in [4.78, 5) is 8.02. The third kappa shape index (κ3) is 8.10. The lowest BCUT2D eigenvalue weighted by molar-refractivity contribution is 0.332. The van der Waals surface area contributed by atoms with E-state index >= 15 is 0 Å². The number of nitrogens with zero attached hydrogens (tertiary/aromatic N) is 3. The molecule has 0 saturated heterocycles. The number of anilines is 9. The van der Waals surface area contributed by atoms with Gasteiger partial charge in [0.05, 0.1) is 11.4 Å². The molecule has 80 heavy (non-hydrogen) atoms. The Kier molecular flexibility index (Phi) is 11.6. The van der Waals surface area contributed by atoms with Crippen molar-refractivity contribution in [2.45, 2.75) is 181 Å². The van der Waals surface area contributed by atoms with Crippen LogP contribution in [0.25, 0.3) is 11.1 Å². The summed E-state index contributed by atoms with van der Waals surface area (Å²) in [6, 6.07) is 62.0. The lowest BCUT2D eigenvalue weighted by atomic mass is 9.32. The number of benzene rings is 8. The number of para-hydroxylation sites is 2. The van der Waals surface area contributed by atoms with Gasteiger partial charge in [-0.2, -0.15) is 0 Å². The van der Waals surface area contributed by atoms with Gasteiger partial charge in [0, 0.05) is 45.4 Å². The first-order valence-corrected chi connectivity index (χ1v) is 30.1. The van der Waals surface area contributed by atoms with Crippen LogP contribution in [0.4, 0.5) is 51.2 Å². The van der Waals surface area contributed by atoms with Crippen LogP contribution in [0.3, 0.4) is 0 Å². The van der Waals surface area contributed by atoms with Crippen molar-refractivity contribution in [2.75, 3.05) is 14.7 Å². The summed E-state index contributed by atoms with van der Waals surface area (Å²) in [6.07, 6.45) is 5.71. The Balaban J connectivity index is 1.24. The fourth-order valence-electron chi connectivity index (χ4n) is 15.7. The molecule has 0 radical (unpaired) electrons. The third-order valence-electron chi connectivity index (χ3n) is 20.4. The van der Waals surface area contributed by atoms with E-state index in [0.717, 1.165) is 49.2 Å². The van der Waals surface area contributed by atoms with Crippen LogP contribution in [0, 0.1) is 6.92 Å². The van der Waals surface area contributed by atoms with Crippen LogP contribution in [0.15, 0.2) is 158 Å². The Hall–Kier alpha value is -6.78. The van der Waals surface area contributed by atoms with Crippen LogP contribution in [-0.4, -0.2) is 6.71 Å². The molecule has 5 aliphatic rings. The molecule has 2 heterocycles. The van der Waals surface area contributed by atoms with Crippen molar-refractivity contribution in [1.29, 1.82) is 0 Å². The molecule has 8 aromatic rings. The van der Waals surface area contributed by atoms with Gasteiger partial charge in [-0.15, -0.1) is 0 Å². The Morgan fingerprint density at radius 1 is 0.388 bits per heavy atom. The van der Waals surface area contributed by atoms with E-state index in [2.05, 4.69) is 283 Å². The zero-order chi connectivity index (χ0) is 56.4. The number of hydrogen-bond acceptors (Lipinski definition) is 3. The second-order valence-corrected chi connectivity index (χ2v) is 29.9. The summed E-state index contributed by atoms with van der Waals surface area (Å²) in [5.41, 5.74) is 29.2. The lowest BCUT2D eigenvalue weighted by Crippen LogP contribution is -2.62. The first-order chi connectivity index (χ1) is 37.7.